The van der Waals surface area contributed by atoms with Gasteiger partial charge in [0.2, 0.25) is 5.91 Å². The van der Waals surface area contributed by atoms with Crippen molar-refractivity contribution in [2.75, 3.05) is 0 Å². The van der Waals surface area contributed by atoms with E-state index in [0.717, 1.165) is 11.3 Å². The summed E-state index contributed by atoms with van der Waals surface area (Å²) >= 11 is 0. The Kier molecular flexibility index (Phi) is 3.90. The number of hydrogen-bond acceptors (Lipinski definition) is 4. The molecule has 5 heteroatoms. The standard InChI is InChI=1S/C17H20N4O/c1-10-4-11(2)13(12(3)5-10)7-20-17(22)16-14-6-18-9-21-15(14)8-19-16/h4-6,9,16,19H,7-8H2,1-3H3,(H,20,22). The number of carbonyl (C=O) groups excluding carboxylic acids is 1. The number of benzene rings is 1. The summed E-state index contributed by atoms with van der Waals surface area (Å²) in [5.41, 5.74) is 6.62. The van der Waals surface area contributed by atoms with Crippen LogP contribution in [0.2, 0.25) is 0 Å². The zero-order valence-electron chi connectivity index (χ0n) is 13.1. The van der Waals surface area contributed by atoms with E-state index in [1.807, 2.05) is 0 Å². The number of nitrogens with one attached hydrogen (secondary N) is 2. The Morgan fingerprint density at radius 2 is 2.05 bits per heavy atom. The lowest BCUT2D eigenvalue weighted by Crippen LogP contribution is -2.34. The van der Waals surface area contributed by atoms with Gasteiger partial charge >= 0.3 is 0 Å². The van der Waals surface area contributed by atoms with Crippen LogP contribution >= 0.6 is 0 Å². The van der Waals surface area contributed by atoms with Crippen LogP contribution in [-0.4, -0.2) is 15.9 Å². The van der Waals surface area contributed by atoms with Crippen molar-refractivity contribution in [1.29, 1.82) is 0 Å². The van der Waals surface area contributed by atoms with Gasteiger partial charge in [-0.2, -0.15) is 0 Å². The van der Waals surface area contributed by atoms with Gasteiger partial charge in [0.15, 0.2) is 0 Å². The molecule has 1 aromatic heterocycles. The third kappa shape index (κ3) is 2.72. The second kappa shape index (κ2) is 5.85. The van der Waals surface area contributed by atoms with Crippen LogP contribution in [-0.2, 0) is 17.9 Å². The zero-order chi connectivity index (χ0) is 15.7. The van der Waals surface area contributed by atoms with Crippen molar-refractivity contribution in [3.63, 3.8) is 0 Å². The van der Waals surface area contributed by atoms with Gasteiger partial charge in [0.05, 0.1) is 5.69 Å². The Balaban J connectivity index is 1.72. The number of aryl methyl sites for hydroxylation is 3. The van der Waals surface area contributed by atoms with E-state index in [-0.39, 0.29) is 11.9 Å². The summed E-state index contributed by atoms with van der Waals surface area (Å²) in [5.74, 6) is -0.0343. The molecule has 0 radical (unpaired) electrons. The van der Waals surface area contributed by atoms with Crippen LogP contribution in [0.15, 0.2) is 24.7 Å². The molecule has 3 rings (SSSR count). The van der Waals surface area contributed by atoms with Gasteiger partial charge in [-0.25, -0.2) is 9.97 Å². The van der Waals surface area contributed by atoms with Gasteiger partial charge < -0.3 is 5.32 Å². The number of fused-ring (bicyclic) bond motifs is 1. The molecule has 1 unspecified atom stereocenters. The minimum absolute atomic E-state index is 0.0343. The first-order valence-corrected chi connectivity index (χ1v) is 7.43. The highest BCUT2D eigenvalue weighted by molar-refractivity contribution is 5.84. The van der Waals surface area contributed by atoms with Crippen molar-refractivity contribution in [1.82, 2.24) is 20.6 Å². The fourth-order valence-electron chi connectivity index (χ4n) is 3.06. The molecule has 2 heterocycles. The molecule has 2 aromatic rings. The monoisotopic (exact) mass is 296 g/mol. The summed E-state index contributed by atoms with van der Waals surface area (Å²) in [6.45, 7) is 7.40. The third-order valence-electron chi connectivity index (χ3n) is 4.15. The van der Waals surface area contributed by atoms with Crippen molar-refractivity contribution < 1.29 is 4.79 Å². The number of aromatic nitrogens is 2. The highest BCUT2D eigenvalue weighted by atomic mass is 16.2. The molecule has 1 amide bonds. The molecule has 0 saturated carbocycles. The molecule has 22 heavy (non-hydrogen) atoms. The smallest absolute Gasteiger partial charge is 0.242 e. The quantitative estimate of drug-likeness (QED) is 0.907. The summed E-state index contributed by atoms with van der Waals surface area (Å²) in [5, 5.41) is 6.21. The average Bonchev–Trinajstić information content (AvgIpc) is 2.90. The highest BCUT2D eigenvalue weighted by Gasteiger charge is 2.29. The first kappa shape index (κ1) is 14.7. The fourth-order valence-corrected chi connectivity index (χ4v) is 3.06. The van der Waals surface area contributed by atoms with Gasteiger partial charge in [-0.15, -0.1) is 0 Å². The predicted molar refractivity (Wildman–Crippen MR) is 84.1 cm³/mol. The maximum absolute atomic E-state index is 12.4. The highest BCUT2D eigenvalue weighted by Crippen LogP contribution is 2.23. The van der Waals surface area contributed by atoms with Crippen LogP contribution in [0, 0.1) is 20.8 Å². The summed E-state index contributed by atoms with van der Waals surface area (Å²) in [6.07, 6.45) is 3.23. The molecule has 1 aliphatic heterocycles. The number of rotatable bonds is 3. The van der Waals surface area contributed by atoms with Gasteiger partial charge in [-0.1, -0.05) is 17.7 Å². The molecule has 1 atom stereocenters. The van der Waals surface area contributed by atoms with Crippen LogP contribution < -0.4 is 10.6 Å². The normalized spacial score (nSPS) is 16.4. The van der Waals surface area contributed by atoms with Crippen molar-refractivity contribution >= 4 is 5.91 Å². The van der Waals surface area contributed by atoms with Gasteiger partial charge in [-0.05, 0) is 37.5 Å². The maximum atomic E-state index is 12.4. The Bertz CT molecular complexity index is 703. The third-order valence-corrected chi connectivity index (χ3v) is 4.15. The van der Waals surface area contributed by atoms with Crippen LogP contribution in [0.4, 0.5) is 0 Å². The summed E-state index contributed by atoms with van der Waals surface area (Å²) in [6, 6.07) is 3.93. The van der Waals surface area contributed by atoms with E-state index in [2.05, 4.69) is 53.5 Å². The molecule has 0 saturated heterocycles. The second-order valence-electron chi connectivity index (χ2n) is 5.83. The van der Waals surface area contributed by atoms with Crippen LogP contribution in [0.25, 0.3) is 0 Å². The van der Waals surface area contributed by atoms with Gasteiger partial charge in [0.25, 0.3) is 0 Å². The lowest BCUT2D eigenvalue weighted by molar-refractivity contribution is -0.123. The predicted octanol–water partition coefficient (Wildman–Crippen LogP) is 1.86. The molecule has 2 N–H and O–H groups in total. The van der Waals surface area contributed by atoms with Crippen molar-refractivity contribution in [2.45, 2.75) is 39.9 Å². The van der Waals surface area contributed by atoms with Gasteiger partial charge in [-0.3, -0.25) is 10.1 Å². The largest absolute Gasteiger partial charge is 0.350 e. The lowest BCUT2D eigenvalue weighted by atomic mass is 9.99. The van der Waals surface area contributed by atoms with Crippen molar-refractivity contribution in [3.05, 3.63) is 58.2 Å². The molecule has 0 bridgehead atoms. The number of amides is 1. The molecule has 0 spiro atoms. The summed E-state index contributed by atoms with van der Waals surface area (Å²) < 4.78 is 0. The minimum Gasteiger partial charge on any atom is -0.350 e. The molecule has 114 valence electrons. The molecule has 5 nitrogen and oxygen atoms in total. The van der Waals surface area contributed by atoms with Gasteiger partial charge in [0.1, 0.15) is 12.4 Å². The number of carbonyl (C=O) groups is 1. The molecule has 1 aromatic carbocycles. The Labute approximate surface area is 130 Å². The van der Waals surface area contributed by atoms with Crippen molar-refractivity contribution in [3.8, 4) is 0 Å². The summed E-state index contributed by atoms with van der Waals surface area (Å²) in [7, 11) is 0. The number of hydrogen-bond donors (Lipinski definition) is 2. The molecular weight excluding hydrogens is 276 g/mol. The van der Waals surface area contributed by atoms with Crippen molar-refractivity contribution in [2.24, 2.45) is 0 Å². The SMILES string of the molecule is Cc1cc(C)c(CNC(=O)C2NCc3ncncc32)c(C)c1. The van der Waals surface area contributed by atoms with E-state index in [9.17, 15) is 4.79 Å². The van der Waals surface area contributed by atoms with E-state index in [4.69, 9.17) is 0 Å². The average molecular weight is 296 g/mol. The van der Waals surface area contributed by atoms with E-state index >= 15 is 0 Å². The molecule has 1 aliphatic rings. The Morgan fingerprint density at radius 1 is 1.32 bits per heavy atom. The van der Waals surface area contributed by atoms with E-state index in [1.54, 1.807) is 6.20 Å². The Hall–Kier alpha value is -2.27. The first-order chi connectivity index (χ1) is 10.6. The first-order valence-electron chi connectivity index (χ1n) is 7.43. The number of nitrogens with zero attached hydrogens (tertiary/aromatic N) is 2. The lowest BCUT2D eigenvalue weighted by Gasteiger charge is -2.15. The van der Waals surface area contributed by atoms with E-state index in [1.165, 1.54) is 28.6 Å². The Morgan fingerprint density at radius 3 is 2.77 bits per heavy atom. The van der Waals surface area contributed by atoms with Crippen LogP contribution in [0.3, 0.4) is 0 Å². The van der Waals surface area contributed by atoms with E-state index < -0.39 is 0 Å². The van der Waals surface area contributed by atoms with Crippen LogP contribution in [0.5, 0.6) is 0 Å². The maximum Gasteiger partial charge on any atom is 0.242 e. The van der Waals surface area contributed by atoms with E-state index in [0.29, 0.717) is 13.1 Å². The zero-order valence-corrected chi connectivity index (χ0v) is 13.1. The molecule has 0 fully saturated rings. The fraction of sp³-hybridized carbons (Fsp3) is 0.353. The summed E-state index contributed by atoms with van der Waals surface area (Å²) in [4.78, 5) is 20.7. The van der Waals surface area contributed by atoms with Gasteiger partial charge in [0, 0.05) is 24.8 Å². The van der Waals surface area contributed by atoms with Crippen LogP contribution in [0.1, 0.15) is 39.6 Å². The molecule has 0 aliphatic carbocycles. The topological polar surface area (TPSA) is 66.9 Å². The molecular formula is C17H20N4O. The minimum atomic E-state index is -0.359. The second-order valence-corrected chi connectivity index (χ2v) is 5.83.